The molecule has 0 amide bonds. The number of fused-ring (bicyclic) bond motifs is 1. The van der Waals surface area contributed by atoms with Crippen molar-refractivity contribution in [3.8, 4) is 11.5 Å². The first-order valence-corrected chi connectivity index (χ1v) is 12.1. The molecule has 0 bridgehead atoms. The summed E-state index contributed by atoms with van der Waals surface area (Å²) in [7, 11) is 0. The van der Waals surface area contributed by atoms with Gasteiger partial charge >= 0.3 is 5.97 Å². The highest BCUT2D eigenvalue weighted by Crippen LogP contribution is 2.60. The van der Waals surface area contributed by atoms with Crippen LogP contribution < -0.4 is 9.47 Å². The minimum Gasteiger partial charge on any atom is -0.465 e. The Morgan fingerprint density at radius 3 is 2.71 bits per heavy atom. The maximum atomic E-state index is 12.7. The zero-order valence-electron chi connectivity index (χ0n) is 15.0. The number of rotatable bonds is 4. The average molecular weight is 437 g/mol. The van der Waals surface area contributed by atoms with Crippen LogP contribution in [0, 0.1) is 11.8 Å². The highest BCUT2D eigenvalue weighted by Gasteiger charge is 2.55. The summed E-state index contributed by atoms with van der Waals surface area (Å²) >= 11 is 5.18. The quantitative estimate of drug-likeness (QED) is 0.726. The van der Waals surface area contributed by atoms with Crippen LogP contribution in [0.5, 0.6) is 11.5 Å². The van der Waals surface area contributed by atoms with Crippen molar-refractivity contribution in [1.82, 2.24) is 0 Å². The Bertz CT molecular complexity index is 863. The van der Waals surface area contributed by atoms with Gasteiger partial charge in [-0.15, -0.1) is 34.9 Å². The van der Waals surface area contributed by atoms with E-state index in [1.807, 2.05) is 53.2 Å². The lowest BCUT2D eigenvalue weighted by molar-refractivity contribution is -0.144. The molecule has 148 valence electrons. The molecule has 0 radical (unpaired) electrons. The predicted octanol–water partition coefficient (Wildman–Crippen LogP) is 4.02. The molecular formula is C20H20O5S3. The number of ether oxygens (including phenoxy) is 3. The Morgan fingerprint density at radius 1 is 1.11 bits per heavy atom. The van der Waals surface area contributed by atoms with E-state index in [0.717, 1.165) is 39.9 Å². The number of hydrogen-bond acceptors (Lipinski definition) is 8. The number of aliphatic hydroxyl groups excluding tert-OH is 1. The van der Waals surface area contributed by atoms with Crippen molar-refractivity contribution in [3.05, 3.63) is 46.2 Å². The van der Waals surface area contributed by atoms with Gasteiger partial charge < -0.3 is 19.3 Å². The number of cyclic esters (lactones) is 1. The zero-order chi connectivity index (χ0) is 19.1. The van der Waals surface area contributed by atoms with E-state index in [4.69, 9.17) is 14.2 Å². The highest BCUT2D eigenvalue weighted by atomic mass is 32.2. The molecule has 3 aliphatic heterocycles. The van der Waals surface area contributed by atoms with Crippen LogP contribution in [0.15, 0.2) is 35.7 Å². The molecule has 1 N–H and O–H groups in total. The molecule has 4 heterocycles. The second-order valence-corrected chi connectivity index (χ2v) is 10.9. The van der Waals surface area contributed by atoms with Crippen LogP contribution >= 0.6 is 34.9 Å². The van der Waals surface area contributed by atoms with Crippen molar-refractivity contribution in [2.45, 2.75) is 16.6 Å². The normalized spacial score (nSPS) is 26.8. The van der Waals surface area contributed by atoms with Crippen molar-refractivity contribution in [2.75, 3.05) is 24.9 Å². The molecule has 1 aromatic carbocycles. The van der Waals surface area contributed by atoms with E-state index in [1.165, 1.54) is 11.3 Å². The first-order valence-electron chi connectivity index (χ1n) is 9.25. The number of benzene rings is 1. The van der Waals surface area contributed by atoms with E-state index >= 15 is 0 Å². The lowest BCUT2D eigenvalue weighted by Crippen LogP contribution is -2.39. The van der Waals surface area contributed by atoms with Gasteiger partial charge in [0.25, 0.3) is 0 Å². The zero-order valence-corrected chi connectivity index (χ0v) is 17.5. The Kier molecular flexibility index (Phi) is 4.99. The van der Waals surface area contributed by atoms with Gasteiger partial charge in [0.1, 0.15) is 6.10 Å². The lowest BCUT2D eigenvalue weighted by Gasteiger charge is -2.42. The largest absolute Gasteiger partial charge is 0.465 e. The summed E-state index contributed by atoms with van der Waals surface area (Å²) in [5.41, 5.74) is 1.10. The summed E-state index contributed by atoms with van der Waals surface area (Å²) < 4.78 is 16.2. The van der Waals surface area contributed by atoms with Gasteiger partial charge in [-0.05, 0) is 47.1 Å². The minimum atomic E-state index is -0.853. The summed E-state index contributed by atoms with van der Waals surface area (Å²) in [6.45, 7) is 0.553. The van der Waals surface area contributed by atoms with E-state index in [-0.39, 0.29) is 22.8 Å². The standard InChI is InChI=1S/C20H20O5S3/c21-18(16-3-1-6-26-16)17-13(10-23-19(17)22)20(27-7-2-8-28-20)12-4-5-14-15(9-12)25-11-24-14/h1,3-6,9,13,17-18,21H,2,7-8,10-11H2/t13-,17-,18+/m1/s1. The number of carbonyl (C=O) groups is 1. The number of thioether (sulfide) groups is 2. The minimum absolute atomic E-state index is 0.132. The van der Waals surface area contributed by atoms with Gasteiger partial charge in [0.15, 0.2) is 11.5 Å². The van der Waals surface area contributed by atoms with Gasteiger partial charge in [0.2, 0.25) is 6.79 Å². The predicted molar refractivity (Wildman–Crippen MR) is 111 cm³/mol. The second kappa shape index (κ2) is 7.48. The van der Waals surface area contributed by atoms with Crippen LogP contribution in [0.2, 0.25) is 0 Å². The van der Waals surface area contributed by atoms with Gasteiger partial charge in [-0.2, -0.15) is 0 Å². The third-order valence-corrected chi connectivity index (χ3v) is 10.0. The molecule has 1 aromatic heterocycles. The SMILES string of the molecule is O=C1OC[C@@H](C2(c3ccc4c(c3)OCO4)SCCCS2)[C@@H]1[C@@H](O)c1cccs1. The number of aliphatic hydroxyl groups is 1. The molecule has 0 saturated carbocycles. The van der Waals surface area contributed by atoms with Crippen molar-refractivity contribution < 1.29 is 24.1 Å². The fraction of sp³-hybridized carbons (Fsp3) is 0.450. The van der Waals surface area contributed by atoms with E-state index in [9.17, 15) is 9.90 Å². The monoisotopic (exact) mass is 436 g/mol. The molecule has 5 rings (SSSR count). The third-order valence-electron chi connectivity index (χ3n) is 5.47. The number of carbonyl (C=O) groups excluding carboxylic acids is 1. The molecule has 0 aliphatic carbocycles. The Hall–Kier alpha value is -1.35. The molecule has 3 atom stereocenters. The van der Waals surface area contributed by atoms with Crippen LogP contribution in [0.4, 0.5) is 0 Å². The summed E-state index contributed by atoms with van der Waals surface area (Å²) in [4.78, 5) is 13.5. The Balaban J connectivity index is 1.56. The molecule has 5 nitrogen and oxygen atoms in total. The maximum absolute atomic E-state index is 12.7. The van der Waals surface area contributed by atoms with Crippen molar-refractivity contribution in [1.29, 1.82) is 0 Å². The maximum Gasteiger partial charge on any atom is 0.312 e. The molecule has 2 saturated heterocycles. The molecule has 0 unspecified atom stereocenters. The van der Waals surface area contributed by atoms with E-state index in [2.05, 4.69) is 6.07 Å². The molecule has 28 heavy (non-hydrogen) atoms. The van der Waals surface area contributed by atoms with Crippen LogP contribution in [0.1, 0.15) is 23.0 Å². The number of thiophene rings is 1. The van der Waals surface area contributed by atoms with Gasteiger partial charge in [-0.25, -0.2) is 0 Å². The highest BCUT2D eigenvalue weighted by molar-refractivity contribution is 8.18. The number of hydrogen-bond donors (Lipinski definition) is 1. The van der Waals surface area contributed by atoms with Gasteiger partial charge in [-0.1, -0.05) is 12.1 Å². The fourth-order valence-electron chi connectivity index (χ4n) is 4.12. The van der Waals surface area contributed by atoms with E-state index in [1.54, 1.807) is 0 Å². The van der Waals surface area contributed by atoms with Crippen LogP contribution in [0.25, 0.3) is 0 Å². The molecule has 2 fully saturated rings. The average Bonchev–Trinajstić information content (AvgIpc) is 3.48. The number of esters is 1. The molecule has 3 aliphatic rings. The summed E-state index contributed by atoms with van der Waals surface area (Å²) in [5.74, 6) is 2.48. The molecule has 0 spiro atoms. The van der Waals surface area contributed by atoms with E-state index < -0.39 is 12.0 Å². The van der Waals surface area contributed by atoms with Crippen LogP contribution in [0.3, 0.4) is 0 Å². The Labute approximate surface area is 175 Å². The van der Waals surface area contributed by atoms with E-state index in [0.29, 0.717) is 6.61 Å². The topological polar surface area (TPSA) is 65.0 Å². The second-order valence-electron chi connectivity index (χ2n) is 7.01. The summed E-state index contributed by atoms with van der Waals surface area (Å²) in [6.07, 6.45) is 0.274. The smallest absolute Gasteiger partial charge is 0.312 e. The van der Waals surface area contributed by atoms with Crippen molar-refractivity contribution in [3.63, 3.8) is 0 Å². The third kappa shape index (κ3) is 3.01. The van der Waals surface area contributed by atoms with Crippen LogP contribution in [-0.2, 0) is 13.6 Å². The van der Waals surface area contributed by atoms with Gasteiger partial charge in [0, 0.05) is 10.8 Å². The van der Waals surface area contributed by atoms with Crippen molar-refractivity contribution >= 4 is 40.8 Å². The molecule has 8 heteroatoms. The Morgan fingerprint density at radius 2 is 1.93 bits per heavy atom. The first-order chi connectivity index (χ1) is 13.7. The van der Waals surface area contributed by atoms with Gasteiger partial charge in [0.05, 0.1) is 16.6 Å². The first kappa shape index (κ1) is 18.7. The van der Waals surface area contributed by atoms with Crippen molar-refractivity contribution in [2.24, 2.45) is 11.8 Å². The molecular weight excluding hydrogens is 416 g/mol. The lowest BCUT2D eigenvalue weighted by atomic mass is 9.83. The van der Waals surface area contributed by atoms with Crippen LogP contribution in [-0.4, -0.2) is 36.0 Å². The summed E-state index contributed by atoms with van der Waals surface area (Å²) in [5, 5.41) is 13.0. The summed E-state index contributed by atoms with van der Waals surface area (Å²) in [6, 6.07) is 9.82. The molecule has 2 aromatic rings. The fourth-order valence-corrected chi connectivity index (χ4v) is 8.53. The van der Waals surface area contributed by atoms with Gasteiger partial charge in [-0.3, -0.25) is 4.79 Å².